The number of carbonyl (C=O) groups is 1. The maximum atomic E-state index is 12.0. The van der Waals surface area contributed by atoms with Crippen molar-refractivity contribution in [2.75, 3.05) is 6.61 Å². The number of nitrogens with one attached hydrogen (secondary N) is 2. The largest absolute Gasteiger partial charge is 0.378 e. The molecule has 5 nitrogen and oxygen atoms in total. The van der Waals surface area contributed by atoms with Gasteiger partial charge in [-0.3, -0.25) is 9.59 Å². The summed E-state index contributed by atoms with van der Waals surface area (Å²) >= 11 is 0. The second-order valence-corrected chi connectivity index (χ2v) is 5.47. The lowest BCUT2D eigenvalue weighted by molar-refractivity contribution is -0.111. The number of H-pyrrole nitrogens is 1. The number of aromatic amines is 1. The number of carbonyl (C=O) groups excluding carboxylic acids is 1. The van der Waals surface area contributed by atoms with Crippen LogP contribution in [0.2, 0.25) is 0 Å². The number of hydrogen-bond donors (Lipinski definition) is 2. The molecule has 104 valence electrons. The van der Waals surface area contributed by atoms with Gasteiger partial charge < -0.3 is 15.0 Å². The fourth-order valence-corrected chi connectivity index (χ4v) is 2.44. The third kappa shape index (κ3) is 2.71. The van der Waals surface area contributed by atoms with Gasteiger partial charge in [-0.15, -0.1) is 0 Å². The Bertz CT molecular complexity index is 521. The molecule has 19 heavy (non-hydrogen) atoms. The van der Waals surface area contributed by atoms with E-state index in [4.69, 9.17) is 4.74 Å². The van der Waals surface area contributed by atoms with Gasteiger partial charge in [0.25, 0.3) is 5.91 Å². The topological polar surface area (TPSA) is 71.2 Å². The zero-order valence-corrected chi connectivity index (χ0v) is 11.5. The summed E-state index contributed by atoms with van der Waals surface area (Å²) in [6, 6.07) is 2.99. The minimum Gasteiger partial charge on any atom is -0.378 e. The fraction of sp³-hybridized carbons (Fsp3) is 0.571. The van der Waals surface area contributed by atoms with Crippen LogP contribution in [0.25, 0.3) is 0 Å². The van der Waals surface area contributed by atoms with Crippen LogP contribution >= 0.6 is 0 Å². The van der Waals surface area contributed by atoms with E-state index < -0.39 is 0 Å². The van der Waals surface area contributed by atoms with Gasteiger partial charge in [-0.2, -0.15) is 0 Å². The number of hydrogen-bond acceptors (Lipinski definition) is 3. The maximum Gasteiger partial charge on any atom is 0.251 e. The lowest BCUT2D eigenvalue weighted by Crippen LogP contribution is -2.62. The number of aromatic nitrogens is 1. The van der Waals surface area contributed by atoms with Crippen molar-refractivity contribution >= 4 is 5.91 Å². The van der Waals surface area contributed by atoms with Gasteiger partial charge in [0.1, 0.15) is 0 Å². The average molecular weight is 264 g/mol. The lowest BCUT2D eigenvalue weighted by atomic mass is 9.64. The molecule has 1 heterocycles. The van der Waals surface area contributed by atoms with E-state index >= 15 is 0 Å². The molecule has 2 unspecified atom stereocenters. The second-order valence-electron chi connectivity index (χ2n) is 5.47. The summed E-state index contributed by atoms with van der Waals surface area (Å²) in [5.74, 6) is -0.209. The van der Waals surface area contributed by atoms with Gasteiger partial charge in [0.2, 0.25) is 5.56 Å². The molecular weight excluding hydrogens is 244 g/mol. The molecular formula is C14H20N2O3. The number of rotatable bonds is 4. The summed E-state index contributed by atoms with van der Waals surface area (Å²) in [6.07, 6.45) is 2.48. The van der Waals surface area contributed by atoms with Crippen LogP contribution in [-0.4, -0.2) is 29.6 Å². The van der Waals surface area contributed by atoms with E-state index in [-0.39, 0.29) is 29.0 Å². The Labute approximate surface area is 112 Å². The first kappa shape index (κ1) is 13.8. The van der Waals surface area contributed by atoms with Gasteiger partial charge >= 0.3 is 0 Å². The first-order chi connectivity index (χ1) is 8.95. The van der Waals surface area contributed by atoms with Gasteiger partial charge in [0.05, 0.1) is 6.10 Å². The molecule has 0 spiro atoms. The Morgan fingerprint density at radius 3 is 2.89 bits per heavy atom. The summed E-state index contributed by atoms with van der Waals surface area (Å²) in [5, 5.41) is 2.97. The van der Waals surface area contributed by atoms with E-state index in [9.17, 15) is 9.59 Å². The molecule has 2 rings (SSSR count). The highest BCUT2D eigenvalue weighted by Crippen LogP contribution is 2.42. The normalized spacial score (nSPS) is 24.6. The first-order valence-corrected chi connectivity index (χ1v) is 6.56. The molecule has 1 saturated carbocycles. The van der Waals surface area contributed by atoms with E-state index in [1.807, 2.05) is 6.92 Å². The van der Waals surface area contributed by atoms with Crippen molar-refractivity contribution in [3.05, 3.63) is 34.2 Å². The Kier molecular flexibility index (Phi) is 3.75. The molecule has 1 aliphatic rings. The summed E-state index contributed by atoms with van der Waals surface area (Å²) in [7, 11) is 0. The molecule has 0 radical (unpaired) electrons. The molecule has 2 atom stereocenters. The van der Waals surface area contributed by atoms with Crippen molar-refractivity contribution in [1.82, 2.24) is 10.3 Å². The lowest BCUT2D eigenvalue weighted by Gasteiger charge is -2.51. The van der Waals surface area contributed by atoms with E-state index in [2.05, 4.69) is 24.1 Å². The van der Waals surface area contributed by atoms with Crippen molar-refractivity contribution < 1.29 is 9.53 Å². The zero-order valence-electron chi connectivity index (χ0n) is 11.5. The predicted molar refractivity (Wildman–Crippen MR) is 72.1 cm³/mol. The first-order valence-electron chi connectivity index (χ1n) is 6.56. The van der Waals surface area contributed by atoms with E-state index in [1.165, 1.54) is 12.3 Å². The molecule has 1 fully saturated rings. The van der Waals surface area contributed by atoms with Crippen LogP contribution in [0.5, 0.6) is 0 Å². The zero-order chi connectivity index (χ0) is 14.0. The van der Waals surface area contributed by atoms with Gasteiger partial charge in [-0.25, -0.2) is 0 Å². The highest BCUT2D eigenvalue weighted by Gasteiger charge is 2.49. The molecule has 2 N–H and O–H groups in total. The van der Waals surface area contributed by atoms with Gasteiger partial charge in [0, 0.05) is 35.9 Å². The summed E-state index contributed by atoms with van der Waals surface area (Å²) in [5.41, 5.74) is 0.0412. The van der Waals surface area contributed by atoms with Crippen LogP contribution in [0.1, 0.15) is 37.6 Å². The Morgan fingerprint density at radius 1 is 1.58 bits per heavy atom. The van der Waals surface area contributed by atoms with Gasteiger partial charge in [0.15, 0.2) is 0 Å². The van der Waals surface area contributed by atoms with Crippen molar-refractivity contribution in [2.24, 2.45) is 5.41 Å². The number of amides is 1. The monoisotopic (exact) mass is 264 g/mol. The van der Waals surface area contributed by atoms with Crippen molar-refractivity contribution in [1.29, 1.82) is 0 Å². The number of pyridine rings is 1. The molecule has 0 bridgehead atoms. The molecule has 1 amide bonds. The maximum absolute atomic E-state index is 12.0. The van der Waals surface area contributed by atoms with Gasteiger partial charge in [-0.05, 0) is 19.4 Å². The van der Waals surface area contributed by atoms with E-state index in [0.29, 0.717) is 12.2 Å². The quantitative estimate of drug-likeness (QED) is 0.861. The molecule has 1 aliphatic carbocycles. The van der Waals surface area contributed by atoms with E-state index in [1.54, 1.807) is 6.07 Å². The standard InChI is InChI=1S/C14H20N2O3/c1-4-19-11-8-10(14(11,2)3)16-13(18)9-5-6-15-12(17)7-9/h5-7,10-11H,4,8H2,1-3H3,(H,15,17)(H,16,18). The van der Waals surface area contributed by atoms with Crippen LogP contribution in [0, 0.1) is 5.41 Å². The minimum atomic E-state index is -0.271. The third-order valence-corrected chi connectivity index (χ3v) is 3.89. The SMILES string of the molecule is CCOC1CC(NC(=O)c2cc[nH]c(=O)c2)C1(C)C. The van der Waals surface area contributed by atoms with Crippen LogP contribution in [-0.2, 0) is 4.74 Å². The third-order valence-electron chi connectivity index (χ3n) is 3.89. The second kappa shape index (κ2) is 5.17. The summed E-state index contributed by atoms with van der Waals surface area (Å²) in [6.45, 7) is 6.82. The molecule has 1 aromatic heterocycles. The van der Waals surface area contributed by atoms with Crippen LogP contribution in [0.3, 0.4) is 0 Å². The van der Waals surface area contributed by atoms with Crippen molar-refractivity contribution in [3.8, 4) is 0 Å². The van der Waals surface area contributed by atoms with Crippen molar-refractivity contribution in [2.45, 2.75) is 39.3 Å². The Morgan fingerprint density at radius 2 is 2.32 bits per heavy atom. The predicted octanol–water partition coefficient (Wildman–Crippen LogP) is 1.31. The summed E-state index contributed by atoms with van der Waals surface area (Å²) in [4.78, 5) is 25.7. The molecule has 0 aliphatic heterocycles. The molecule has 5 heteroatoms. The minimum absolute atomic E-state index is 0.0765. The smallest absolute Gasteiger partial charge is 0.251 e. The molecule has 0 saturated heterocycles. The van der Waals surface area contributed by atoms with Crippen molar-refractivity contribution in [3.63, 3.8) is 0 Å². The molecule has 0 aromatic carbocycles. The highest BCUT2D eigenvalue weighted by atomic mass is 16.5. The van der Waals surface area contributed by atoms with Crippen LogP contribution < -0.4 is 10.9 Å². The summed E-state index contributed by atoms with van der Waals surface area (Å²) < 4.78 is 5.62. The number of ether oxygens (including phenoxy) is 1. The Hall–Kier alpha value is -1.62. The van der Waals surface area contributed by atoms with Gasteiger partial charge in [-0.1, -0.05) is 13.8 Å². The van der Waals surface area contributed by atoms with Crippen LogP contribution in [0.15, 0.2) is 23.1 Å². The van der Waals surface area contributed by atoms with E-state index in [0.717, 1.165) is 6.42 Å². The Balaban J connectivity index is 2.00. The fourth-order valence-electron chi connectivity index (χ4n) is 2.44. The average Bonchev–Trinajstić information content (AvgIpc) is 2.37. The highest BCUT2D eigenvalue weighted by molar-refractivity contribution is 5.94. The van der Waals surface area contributed by atoms with Crippen LogP contribution in [0.4, 0.5) is 0 Å². The molecule has 1 aromatic rings.